The van der Waals surface area contributed by atoms with Gasteiger partial charge in [-0.15, -0.1) is 0 Å². The molecular weight excluding hydrogens is 258 g/mol. The zero-order chi connectivity index (χ0) is 14.5. The second-order valence-electron chi connectivity index (χ2n) is 5.57. The zero-order valence-corrected chi connectivity index (χ0v) is 12.4. The van der Waals surface area contributed by atoms with Crippen LogP contribution in [0.15, 0.2) is 61.2 Å². The average Bonchev–Trinajstić information content (AvgIpc) is 3.00. The number of benzene rings is 2. The molecule has 0 bridgehead atoms. The number of hydrogen-bond donors (Lipinski definition) is 0. The fourth-order valence-electron chi connectivity index (χ4n) is 2.67. The van der Waals surface area contributed by atoms with E-state index < -0.39 is 0 Å². The van der Waals surface area contributed by atoms with Crippen LogP contribution in [0.3, 0.4) is 0 Å². The number of hydrogen-bond acceptors (Lipinski definition) is 2. The van der Waals surface area contributed by atoms with Crippen LogP contribution in [-0.2, 0) is 13.1 Å². The van der Waals surface area contributed by atoms with Crippen LogP contribution in [0.1, 0.15) is 12.0 Å². The van der Waals surface area contributed by atoms with Crippen LogP contribution in [-0.4, -0.2) is 28.0 Å². The SMILES string of the molecule is CN(CCCn1ccnc1)Cc1ccc2ccccc2c1. The normalized spacial score (nSPS) is 11.3. The Morgan fingerprint density at radius 1 is 1.10 bits per heavy atom. The fourth-order valence-corrected chi connectivity index (χ4v) is 2.67. The summed E-state index contributed by atoms with van der Waals surface area (Å²) in [6.07, 6.45) is 6.87. The molecule has 108 valence electrons. The summed E-state index contributed by atoms with van der Waals surface area (Å²) >= 11 is 0. The summed E-state index contributed by atoms with van der Waals surface area (Å²) in [4.78, 5) is 6.44. The topological polar surface area (TPSA) is 21.1 Å². The lowest BCUT2D eigenvalue weighted by Gasteiger charge is -2.17. The van der Waals surface area contributed by atoms with Gasteiger partial charge in [0.1, 0.15) is 0 Å². The third-order valence-electron chi connectivity index (χ3n) is 3.78. The number of aryl methyl sites for hydroxylation is 1. The molecule has 0 saturated heterocycles. The monoisotopic (exact) mass is 279 g/mol. The Balaban J connectivity index is 1.54. The summed E-state index contributed by atoms with van der Waals surface area (Å²) in [6.45, 7) is 3.11. The second kappa shape index (κ2) is 6.55. The lowest BCUT2D eigenvalue weighted by atomic mass is 10.1. The van der Waals surface area contributed by atoms with Gasteiger partial charge in [-0.25, -0.2) is 4.98 Å². The minimum absolute atomic E-state index is 0.995. The van der Waals surface area contributed by atoms with Crippen molar-refractivity contribution in [1.29, 1.82) is 0 Å². The minimum atomic E-state index is 0.995. The summed E-state index contributed by atoms with van der Waals surface area (Å²) in [6, 6.07) is 15.3. The van der Waals surface area contributed by atoms with E-state index >= 15 is 0 Å². The van der Waals surface area contributed by atoms with E-state index in [1.165, 1.54) is 16.3 Å². The first-order chi connectivity index (χ1) is 10.3. The van der Waals surface area contributed by atoms with E-state index in [2.05, 4.69) is 64.0 Å². The van der Waals surface area contributed by atoms with Crippen LogP contribution in [0.4, 0.5) is 0 Å². The van der Waals surface area contributed by atoms with Crippen molar-refractivity contribution < 1.29 is 0 Å². The van der Waals surface area contributed by atoms with Crippen molar-refractivity contribution in [3.05, 3.63) is 66.7 Å². The highest BCUT2D eigenvalue weighted by atomic mass is 15.1. The summed E-state index contributed by atoms with van der Waals surface area (Å²) in [5.74, 6) is 0. The molecule has 0 N–H and O–H groups in total. The molecule has 0 aliphatic heterocycles. The van der Waals surface area contributed by atoms with Crippen molar-refractivity contribution in [2.45, 2.75) is 19.5 Å². The quantitative estimate of drug-likeness (QED) is 0.688. The van der Waals surface area contributed by atoms with Crippen molar-refractivity contribution >= 4 is 10.8 Å². The van der Waals surface area contributed by atoms with Crippen molar-refractivity contribution in [1.82, 2.24) is 14.5 Å². The van der Waals surface area contributed by atoms with Gasteiger partial charge in [0.2, 0.25) is 0 Å². The molecule has 21 heavy (non-hydrogen) atoms. The molecule has 2 aromatic carbocycles. The fraction of sp³-hybridized carbons (Fsp3) is 0.278. The third kappa shape index (κ3) is 3.70. The Labute approximate surface area is 125 Å². The predicted molar refractivity (Wildman–Crippen MR) is 87.1 cm³/mol. The van der Waals surface area contributed by atoms with E-state index in [0.717, 1.165) is 26.1 Å². The van der Waals surface area contributed by atoms with Gasteiger partial charge in [0.25, 0.3) is 0 Å². The van der Waals surface area contributed by atoms with Gasteiger partial charge in [0.05, 0.1) is 6.33 Å². The maximum absolute atomic E-state index is 4.07. The second-order valence-corrected chi connectivity index (χ2v) is 5.57. The number of nitrogens with zero attached hydrogens (tertiary/aromatic N) is 3. The van der Waals surface area contributed by atoms with Gasteiger partial charge >= 0.3 is 0 Å². The predicted octanol–water partition coefficient (Wildman–Crippen LogP) is 3.56. The molecule has 3 heteroatoms. The number of rotatable bonds is 6. The van der Waals surface area contributed by atoms with Crippen LogP contribution in [0.5, 0.6) is 0 Å². The number of imidazole rings is 1. The molecule has 0 radical (unpaired) electrons. The van der Waals surface area contributed by atoms with Crippen molar-refractivity contribution in [2.75, 3.05) is 13.6 Å². The van der Waals surface area contributed by atoms with Crippen LogP contribution in [0, 0.1) is 0 Å². The van der Waals surface area contributed by atoms with E-state index in [0.29, 0.717) is 0 Å². The number of fused-ring (bicyclic) bond motifs is 1. The molecular formula is C18H21N3. The molecule has 3 rings (SSSR count). The van der Waals surface area contributed by atoms with Gasteiger partial charge in [0.15, 0.2) is 0 Å². The number of aromatic nitrogens is 2. The Hall–Kier alpha value is -2.13. The van der Waals surface area contributed by atoms with E-state index in [1.54, 1.807) is 0 Å². The molecule has 1 heterocycles. The molecule has 0 aliphatic rings. The molecule has 0 fully saturated rings. The summed E-state index contributed by atoms with van der Waals surface area (Å²) in [5, 5.41) is 2.63. The molecule has 0 atom stereocenters. The molecule has 0 unspecified atom stereocenters. The molecule has 1 aromatic heterocycles. The van der Waals surface area contributed by atoms with Gasteiger partial charge in [-0.05, 0) is 42.4 Å². The van der Waals surface area contributed by atoms with Crippen molar-refractivity contribution in [3.63, 3.8) is 0 Å². The lowest BCUT2D eigenvalue weighted by molar-refractivity contribution is 0.314. The smallest absolute Gasteiger partial charge is 0.0945 e. The maximum Gasteiger partial charge on any atom is 0.0945 e. The van der Waals surface area contributed by atoms with Crippen LogP contribution in [0.2, 0.25) is 0 Å². The first kappa shape index (κ1) is 13.8. The van der Waals surface area contributed by atoms with Gasteiger partial charge in [0, 0.05) is 25.5 Å². The Morgan fingerprint density at radius 3 is 2.76 bits per heavy atom. The minimum Gasteiger partial charge on any atom is -0.337 e. The van der Waals surface area contributed by atoms with E-state index in [4.69, 9.17) is 0 Å². The van der Waals surface area contributed by atoms with E-state index in [1.807, 2.05) is 18.7 Å². The molecule has 0 amide bonds. The Bertz CT molecular complexity index is 689. The first-order valence-electron chi connectivity index (χ1n) is 7.43. The standard InChI is InChI=1S/C18H21N3/c1-20(10-4-11-21-12-9-19-15-21)14-16-7-8-17-5-2-3-6-18(17)13-16/h2-3,5-9,12-13,15H,4,10-11,14H2,1H3. The highest BCUT2D eigenvalue weighted by molar-refractivity contribution is 5.82. The first-order valence-corrected chi connectivity index (χ1v) is 7.43. The highest BCUT2D eigenvalue weighted by Crippen LogP contribution is 2.16. The van der Waals surface area contributed by atoms with E-state index in [-0.39, 0.29) is 0 Å². The summed E-state index contributed by atoms with van der Waals surface area (Å²) in [5.41, 5.74) is 1.37. The van der Waals surface area contributed by atoms with Crippen LogP contribution < -0.4 is 0 Å². The molecule has 0 saturated carbocycles. The average molecular weight is 279 g/mol. The van der Waals surface area contributed by atoms with Crippen molar-refractivity contribution in [2.24, 2.45) is 0 Å². The largest absolute Gasteiger partial charge is 0.337 e. The molecule has 3 aromatic rings. The Kier molecular flexibility index (Phi) is 4.31. The van der Waals surface area contributed by atoms with E-state index in [9.17, 15) is 0 Å². The van der Waals surface area contributed by atoms with Gasteiger partial charge in [-0.3, -0.25) is 0 Å². The van der Waals surface area contributed by atoms with Crippen LogP contribution >= 0.6 is 0 Å². The maximum atomic E-state index is 4.07. The van der Waals surface area contributed by atoms with Crippen LogP contribution in [0.25, 0.3) is 10.8 Å². The van der Waals surface area contributed by atoms with Crippen molar-refractivity contribution in [3.8, 4) is 0 Å². The highest BCUT2D eigenvalue weighted by Gasteiger charge is 2.02. The zero-order valence-electron chi connectivity index (χ0n) is 12.4. The van der Waals surface area contributed by atoms with Gasteiger partial charge in [-0.2, -0.15) is 0 Å². The third-order valence-corrected chi connectivity index (χ3v) is 3.78. The van der Waals surface area contributed by atoms with Gasteiger partial charge < -0.3 is 9.47 Å². The summed E-state index contributed by atoms with van der Waals surface area (Å²) in [7, 11) is 2.18. The summed E-state index contributed by atoms with van der Waals surface area (Å²) < 4.78 is 2.13. The molecule has 0 aliphatic carbocycles. The molecule has 0 spiro atoms. The lowest BCUT2D eigenvalue weighted by Crippen LogP contribution is -2.20. The van der Waals surface area contributed by atoms with Gasteiger partial charge in [-0.1, -0.05) is 36.4 Å². The molecule has 3 nitrogen and oxygen atoms in total. The Morgan fingerprint density at radius 2 is 1.95 bits per heavy atom.